The highest BCUT2D eigenvalue weighted by Gasteiger charge is 2.37. The van der Waals surface area contributed by atoms with Crippen molar-refractivity contribution >= 4 is 34.2 Å². The molecule has 148 valence electrons. The van der Waals surface area contributed by atoms with Gasteiger partial charge in [0.1, 0.15) is 5.00 Å². The first-order valence-corrected chi connectivity index (χ1v) is 10.5. The predicted molar refractivity (Wildman–Crippen MR) is 103 cm³/mol. The highest BCUT2D eigenvalue weighted by atomic mass is 32.1. The van der Waals surface area contributed by atoms with Crippen LogP contribution in [-0.4, -0.2) is 30.1 Å². The van der Waals surface area contributed by atoms with Crippen LogP contribution >= 0.6 is 11.3 Å². The maximum absolute atomic E-state index is 12.9. The summed E-state index contributed by atoms with van der Waals surface area (Å²) >= 11 is 1.44. The summed E-state index contributed by atoms with van der Waals surface area (Å²) in [5, 5.41) is 12.8. The van der Waals surface area contributed by atoms with Crippen molar-refractivity contribution in [1.82, 2.24) is 0 Å². The smallest absolute Gasteiger partial charge is 0.341 e. The maximum atomic E-state index is 12.9. The van der Waals surface area contributed by atoms with Gasteiger partial charge in [0.05, 0.1) is 24.5 Å². The van der Waals surface area contributed by atoms with E-state index in [-0.39, 0.29) is 5.91 Å². The normalized spacial score (nSPS) is 24.7. The molecule has 0 aliphatic heterocycles. The number of aliphatic carboxylic acids is 1. The molecule has 0 saturated heterocycles. The van der Waals surface area contributed by atoms with Crippen LogP contribution in [0.15, 0.2) is 0 Å². The number of methoxy groups -OCH3 is 1. The molecular formula is C20H27NO5S. The molecule has 1 heterocycles. The fraction of sp³-hybridized carbons (Fsp3) is 0.650. The Balaban J connectivity index is 1.88. The van der Waals surface area contributed by atoms with E-state index >= 15 is 0 Å². The van der Waals surface area contributed by atoms with Crippen molar-refractivity contribution in [2.24, 2.45) is 17.8 Å². The van der Waals surface area contributed by atoms with Crippen LogP contribution < -0.4 is 5.32 Å². The number of hydrogen-bond acceptors (Lipinski definition) is 5. The Morgan fingerprint density at radius 2 is 1.89 bits per heavy atom. The Morgan fingerprint density at radius 1 is 1.19 bits per heavy atom. The van der Waals surface area contributed by atoms with Crippen molar-refractivity contribution < 1.29 is 24.2 Å². The maximum Gasteiger partial charge on any atom is 0.341 e. The van der Waals surface area contributed by atoms with Gasteiger partial charge >= 0.3 is 11.9 Å². The monoisotopic (exact) mass is 393 g/mol. The molecule has 0 radical (unpaired) electrons. The van der Waals surface area contributed by atoms with Crippen molar-refractivity contribution in [3.63, 3.8) is 0 Å². The number of carbonyl (C=O) groups excluding carboxylic acids is 2. The van der Waals surface area contributed by atoms with Gasteiger partial charge in [0.2, 0.25) is 5.91 Å². The molecule has 7 heteroatoms. The van der Waals surface area contributed by atoms with Crippen molar-refractivity contribution in [1.29, 1.82) is 0 Å². The van der Waals surface area contributed by atoms with Crippen LogP contribution in [0.2, 0.25) is 0 Å². The fourth-order valence-electron chi connectivity index (χ4n) is 4.36. The minimum Gasteiger partial charge on any atom is -0.481 e. The zero-order valence-corrected chi connectivity index (χ0v) is 16.7. The number of hydrogen-bond donors (Lipinski definition) is 2. The Morgan fingerprint density at radius 3 is 2.52 bits per heavy atom. The Kier molecular flexibility index (Phi) is 6.19. The Bertz CT molecular complexity index is 741. The zero-order valence-electron chi connectivity index (χ0n) is 15.9. The molecule has 3 rings (SSSR count). The lowest BCUT2D eigenvalue weighted by Gasteiger charge is -2.27. The highest BCUT2D eigenvalue weighted by Crippen LogP contribution is 2.41. The second-order valence-corrected chi connectivity index (χ2v) is 8.65. The Hall–Kier alpha value is -1.89. The lowest BCUT2D eigenvalue weighted by atomic mass is 9.78. The van der Waals surface area contributed by atoms with E-state index in [1.54, 1.807) is 0 Å². The van der Waals surface area contributed by atoms with Gasteiger partial charge in [-0.1, -0.05) is 26.2 Å². The third-order valence-electron chi connectivity index (χ3n) is 5.99. The minimum absolute atomic E-state index is 0.294. The number of esters is 1. The number of carbonyl (C=O) groups is 3. The number of fused-ring (bicyclic) bond motifs is 1. The first kappa shape index (κ1) is 19.9. The number of carboxylic acids is 1. The summed E-state index contributed by atoms with van der Waals surface area (Å²) in [6.07, 6.45) is 6.64. The van der Waals surface area contributed by atoms with Gasteiger partial charge in [-0.3, -0.25) is 9.59 Å². The quantitative estimate of drug-likeness (QED) is 0.741. The van der Waals surface area contributed by atoms with Gasteiger partial charge in [-0.05, 0) is 43.6 Å². The molecule has 6 nitrogen and oxygen atoms in total. The molecule has 1 aromatic rings. The van der Waals surface area contributed by atoms with Crippen LogP contribution in [0, 0.1) is 17.8 Å². The fourth-order valence-corrected chi connectivity index (χ4v) is 5.59. The largest absolute Gasteiger partial charge is 0.481 e. The molecule has 1 amide bonds. The topological polar surface area (TPSA) is 92.7 Å². The molecule has 1 unspecified atom stereocenters. The standard InChI is InChI=1S/C20H27NO5S/c1-3-11-8-9-15-14(10-11)16(20(25)26-2)18(27-15)21-17(22)12-6-4-5-7-13(12)19(23)24/h11-13H,3-10H2,1-2H3,(H,21,22)(H,23,24)/t11?,12-,13+/m0/s1. The molecule has 0 aromatic carbocycles. The molecule has 2 aliphatic carbocycles. The second-order valence-electron chi connectivity index (χ2n) is 7.54. The molecule has 1 fully saturated rings. The number of anilines is 1. The van der Waals surface area contributed by atoms with Crippen molar-refractivity contribution in [3.8, 4) is 0 Å². The summed E-state index contributed by atoms with van der Waals surface area (Å²) in [6.45, 7) is 2.15. The van der Waals surface area contributed by atoms with Gasteiger partial charge in [-0.2, -0.15) is 0 Å². The summed E-state index contributed by atoms with van der Waals surface area (Å²) in [5.41, 5.74) is 1.46. The van der Waals surface area contributed by atoms with Crippen LogP contribution in [0.3, 0.4) is 0 Å². The average Bonchev–Trinajstić information content (AvgIpc) is 3.03. The molecule has 2 aliphatic rings. The number of aryl methyl sites for hydroxylation is 1. The summed E-state index contributed by atoms with van der Waals surface area (Å²) in [5.74, 6) is -2.31. The minimum atomic E-state index is -0.917. The lowest BCUT2D eigenvalue weighted by molar-refractivity contribution is -0.147. The van der Waals surface area contributed by atoms with E-state index in [0.29, 0.717) is 29.3 Å². The molecule has 0 spiro atoms. The van der Waals surface area contributed by atoms with Gasteiger partial charge in [0, 0.05) is 4.88 Å². The van der Waals surface area contributed by atoms with Crippen molar-refractivity contribution in [2.75, 3.05) is 12.4 Å². The predicted octanol–water partition coefficient (Wildman–Crippen LogP) is 3.88. The summed E-state index contributed by atoms with van der Waals surface area (Å²) < 4.78 is 4.98. The lowest BCUT2D eigenvalue weighted by Crippen LogP contribution is -2.36. The average molecular weight is 394 g/mol. The molecule has 1 aromatic heterocycles. The Labute approximate surface area is 163 Å². The van der Waals surface area contributed by atoms with E-state index in [0.717, 1.165) is 49.0 Å². The van der Waals surface area contributed by atoms with Crippen LogP contribution in [-0.2, 0) is 27.2 Å². The third-order valence-corrected chi connectivity index (χ3v) is 7.19. The van der Waals surface area contributed by atoms with Crippen molar-refractivity contribution in [3.05, 3.63) is 16.0 Å². The number of nitrogens with one attached hydrogen (secondary N) is 1. The third kappa shape index (κ3) is 4.03. The van der Waals surface area contributed by atoms with Crippen LogP contribution in [0.4, 0.5) is 5.00 Å². The van der Waals surface area contributed by atoms with E-state index in [9.17, 15) is 19.5 Å². The zero-order chi connectivity index (χ0) is 19.6. The van der Waals surface area contributed by atoms with Crippen LogP contribution in [0.5, 0.6) is 0 Å². The van der Waals surface area contributed by atoms with Gasteiger partial charge in [-0.15, -0.1) is 11.3 Å². The summed E-state index contributed by atoms with van der Waals surface area (Å²) in [4.78, 5) is 37.9. The van der Waals surface area contributed by atoms with Gasteiger partial charge < -0.3 is 15.2 Å². The second kappa shape index (κ2) is 8.42. The number of ether oxygens (including phenoxy) is 1. The molecule has 1 saturated carbocycles. The first-order valence-electron chi connectivity index (χ1n) is 9.72. The van der Waals surface area contributed by atoms with E-state index < -0.39 is 23.8 Å². The van der Waals surface area contributed by atoms with E-state index in [1.807, 2.05) is 0 Å². The number of carboxylic acid groups (broad SMARTS) is 1. The summed E-state index contributed by atoms with van der Waals surface area (Å²) in [6, 6.07) is 0. The number of amides is 1. The van der Waals surface area contributed by atoms with Gasteiger partial charge in [-0.25, -0.2) is 4.79 Å². The van der Waals surface area contributed by atoms with E-state index in [1.165, 1.54) is 18.4 Å². The van der Waals surface area contributed by atoms with Gasteiger partial charge in [0.25, 0.3) is 0 Å². The first-order chi connectivity index (χ1) is 13.0. The molecule has 2 N–H and O–H groups in total. The molecule has 0 bridgehead atoms. The van der Waals surface area contributed by atoms with E-state index in [4.69, 9.17) is 4.74 Å². The molecule has 3 atom stereocenters. The number of thiophene rings is 1. The van der Waals surface area contributed by atoms with Crippen LogP contribution in [0.1, 0.15) is 66.2 Å². The highest BCUT2D eigenvalue weighted by molar-refractivity contribution is 7.17. The number of rotatable bonds is 5. The van der Waals surface area contributed by atoms with Gasteiger partial charge in [0.15, 0.2) is 0 Å². The SMILES string of the molecule is CCC1CCc2sc(NC(=O)[C@H]3CCCC[C@H]3C(=O)O)c(C(=O)OC)c2C1. The molecular weight excluding hydrogens is 366 g/mol. The molecule has 27 heavy (non-hydrogen) atoms. The van der Waals surface area contributed by atoms with Crippen molar-refractivity contribution in [2.45, 2.75) is 58.3 Å². The summed E-state index contributed by atoms with van der Waals surface area (Å²) in [7, 11) is 1.35. The van der Waals surface area contributed by atoms with Crippen LogP contribution in [0.25, 0.3) is 0 Å². The van der Waals surface area contributed by atoms with E-state index in [2.05, 4.69) is 12.2 Å².